The Morgan fingerprint density at radius 2 is 1.47 bits per heavy atom. The molecule has 0 fully saturated rings. The predicted octanol–water partition coefficient (Wildman–Crippen LogP) is 6.82. The Bertz CT molecular complexity index is 1680. The molecule has 7 nitrogen and oxygen atoms in total. The van der Waals surface area contributed by atoms with Gasteiger partial charge in [0.15, 0.2) is 0 Å². The summed E-state index contributed by atoms with van der Waals surface area (Å²) in [5.41, 5.74) is 3.74. The molecule has 0 aliphatic rings. The van der Waals surface area contributed by atoms with E-state index in [0.717, 1.165) is 34.0 Å². The maximum absolute atomic E-state index is 14.5. The van der Waals surface area contributed by atoms with Crippen molar-refractivity contribution in [1.29, 1.82) is 0 Å². The van der Waals surface area contributed by atoms with Crippen molar-refractivity contribution in [2.24, 2.45) is 0 Å². The summed E-state index contributed by atoms with van der Waals surface area (Å²) in [6.45, 7) is 5.87. The molecule has 0 radical (unpaired) electrons. The van der Waals surface area contributed by atoms with Gasteiger partial charge < -0.3 is 10.2 Å². The van der Waals surface area contributed by atoms with Crippen LogP contribution in [0.5, 0.6) is 0 Å². The van der Waals surface area contributed by atoms with Gasteiger partial charge in [0, 0.05) is 24.0 Å². The minimum absolute atomic E-state index is 0.0850. The zero-order valence-electron chi connectivity index (χ0n) is 25.9. The number of carbonyl (C=O) groups is 2. The van der Waals surface area contributed by atoms with Gasteiger partial charge >= 0.3 is 0 Å². The highest BCUT2D eigenvalue weighted by atomic mass is 79.9. The molecule has 4 aromatic rings. The largest absolute Gasteiger partial charge is 0.354 e. The number of nitrogens with zero attached hydrogens (tertiary/aromatic N) is 2. The zero-order chi connectivity index (χ0) is 32.4. The minimum atomic E-state index is -4.14. The summed E-state index contributed by atoms with van der Waals surface area (Å²) in [5, 5.41) is 3.02. The molecular formula is C36H40BrN3O4S. The van der Waals surface area contributed by atoms with E-state index in [1.165, 1.54) is 9.21 Å². The van der Waals surface area contributed by atoms with Crippen molar-refractivity contribution in [2.75, 3.05) is 17.4 Å². The number of aryl methyl sites for hydroxylation is 2. The third-order valence-corrected chi connectivity index (χ3v) is 9.94. The number of benzene rings is 4. The molecule has 9 heteroatoms. The van der Waals surface area contributed by atoms with Gasteiger partial charge in [-0.1, -0.05) is 108 Å². The number of para-hydroxylation sites is 1. The van der Waals surface area contributed by atoms with Crippen molar-refractivity contribution in [1.82, 2.24) is 10.2 Å². The molecule has 1 atom stereocenters. The lowest BCUT2D eigenvalue weighted by molar-refractivity contribution is -0.140. The highest BCUT2D eigenvalue weighted by molar-refractivity contribution is 9.10. The second kappa shape index (κ2) is 15.9. The molecule has 0 saturated carbocycles. The van der Waals surface area contributed by atoms with Crippen LogP contribution < -0.4 is 9.62 Å². The molecule has 0 heterocycles. The van der Waals surface area contributed by atoms with Crippen molar-refractivity contribution in [2.45, 2.75) is 57.5 Å². The summed E-state index contributed by atoms with van der Waals surface area (Å²) in [5.74, 6) is -0.759. The van der Waals surface area contributed by atoms with Gasteiger partial charge in [-0.05, 0) is 67.3 Å². The molecule has 1 N–H and O–H groups in total. The summed E-state index contributed by atoms with van der Waals surface area (Å²) >= 11 is 3.47. The second-order valence-corrected chi connectivity index (χ2v) is 13.9. The van der Waals surface area contributed by atoms with E-state index in [-0.39, 0.29) is 23.8 Å². The van der Waals surface area contributed by atoms with E-state index in [9.17, 15) is 18.0 Å². The van der Waals surface area contributed by atoms with Crippen molar-refractivity contribution in [3.8, 4) is 0 Å². The van der Waals surface area contributed by atoms with Crippen molar-refractivity contribution >= 4 is 43.5 Å². The van der Waals surface area contributed by atoms with Gasteiger partial charge in [-0.15, -0.1) is 0 Å². The molecule has 0 aromatic heterocycles. The molecule has 4 aromatic carbocycles. The van der Waals surface area contributed by atoms with E-state index in [4.69, 9.17) is 0 Å². The van der Waals surface area contributed by atoms with Gasteiger partial charge in [0.1, 0.15) is 12.6 Å². The number of nitrogens with one attached hydrogen (secondary N) is 1. The topological polar surface area (TPSA) is 86.8 Å². The number of anilines is 1. The molecule has 236 valence electrons. The Morgan fingerprint density at radius 1 is 0.822 bits per heavy atom. The molecule has 0 spiro atoms. The highest BCUT2D eigenvalue weighted by Gasteiger charge is 2.35. The van der Waals surface area contributed by atoms with E-state index in [0.29, 0.717) is 17.8 Å². The predicted molar refractivity (Wildman–Crippen MR) is 183 cm³/mol. The summed E-state index contributed by atoms with van der Waals surface area (Å²) in [6, 6.07) is 29.9. The van der Waals surface area contributed by atoms with Crippen LogP contribution in [0.4, 0.5) is 5.69 Å². The van der Waals surface area contributed by atoms with Gasteiger partial charge in [-0.3, -0.25) is 13.9 Å². The number of carbonyl (C=O) groups excluding carboxylic acids is 2. The third kappa shape index (κ3) is 9.05. The number of amides is 2. The second-order valence-electron chi connectivity index (χ2n) is 11.1. The fourth-order valence-electron chi connectivity index (χ4n) is 5.04. The van der Waals surface area contributed by atoms with Crippen LogP contribution in [0, 0.1) is 13.8 Å². The van der Waals surface area contributed by atoms with Crippen molar-refractivity contribution in [3.05, 3.63) is 130 Å². The molecule has 4 rings (SSSR count). The minimum Gasteiger partial charge on any atom is -0.354 e. The molecule has 0 saturated heterocycles. The van der Waals surface area contributed by atoms with E-state index in [1.54, 1.807) is 36.4 Å². The third-order valence-electron chi connectivity index (χ3n) is 7.64. The van der Waals surface area contributed by atoms with Gasteiger partial charge in [0.05, 0.1) is 10.6 Å². The Kier molecular flexibility index (Phi) is 12.0. The van der Waals surface area contributed by atoms with E-state index in [2.05, 4.69) is 21.2 Å². The molecule has 45 heavy (non-hydrogen) atoms. The smallest absolute Gasteiger partial charge is 0.264 e. The summed E-state index contributed by atoms with van der Waals surface area (Å²) in [4.78, 5) is 30.0. The molecule has 0 aliphatic carbocycles. The van der Waals surface area contributed by atoms with Crippen LogP contribution in [0.3, 0.4) is 0 Å². The van der Waals surface area contributed by atoms with Crippen LogP contribution in [-0.4, -0.2) is 44.3 Å². The Labute approximate surface area is 275 Å². The van der Waals surface area contributed by atoms with Crippen LogP contribution in [0.1, 0.15) is 42.0 Å². The van der Waals surface area contributed by atoms with Crippen molar-refractivity contribution in [3.63, 3.8) is 0 Å². The number of rotatable bonds is 14. The standard InChI is InChI=1S/C36H40BrN3O4S/c1-4-5-23-38-36(42)34(24-29-12-7-6-8-13-29)39(25-30-17-19-31(37)20-18-30)35(41)26-40(33-14-10-9-11-28(33)3)45(43,44)32-21-15-27(2)16-22-32/h6-22,34H,4-5,23-26H2,1-3H3,(H,38,42)/t34-/m0/s1. The zero-order valence-corrected chi connectivity index (χ0v) is 28.4. The average Bonchev–Trinajstić information content (AvgIpc) is 3.03. The number of hydrogen-bond donors (Lipinski definition) is 1. The lowest BCUT2D eigenvalue weighted by Gasteiger charge is -2.34. The first-order valence-corrected chi connectivity index (χ1v) is 17.3. The fraction of sp³-hybridized carbons (Fsp3) is 0.278. The molecule has 0 aliphatic heterocycles. The summed E-state index contributed by atoms with van der Waals surface area (Å²) < 4.78 is 30.4. The van der Waals surface area contributed by atoms with E-state index >= 15 is 0 Å². The quantitative estimate of drug-likeness (QED) is 0.147. The summed E-state index contributed by atoms with van der Waals surface area (Å²) in [6.07, 6.45) is 1.99. The Hall–Kier alpha value is -3.95. The molecule has 0 unspecified atom stereocenters. The van der Waals surface area contributed by atoms with E-state index in [1.807, 2.05) is 87.5 Å². The van der Waals surface area contributed by atoms with E-state index < -0.39 is 28.5 Å². The van der Waals surface area contributed by atoms with Gasteiger partial charge in [0.2, 0.25) is 11.8 Å². The van der Waals surface area contributed by atoms with Crippen LogP contribution in [0.15, 0.2) is 112 Å². The monoisotopic (exact) mass is 689 g/mol. The number of hydrogen-bond acceptors (Lipinski definition) is 4. The molecule has 0 bridgehead atoms. The fourth-order valence-corrected chi connectivity index (χ4v) is 6.78. The van der Waals surface area contributed by atoms with Gasteiger partial charge in [-0.2, -0.15) is 0 Å². The normalized spacial score (nSPS) is 11.9. The first-order valence-electron chi connectivity index (χ1n) is 15.1. The van der Waals surface area contributed by atoms with Crippen LogP contribution in [0.2, 0.25) is 0 Å². The van der Waals surface area contributed by atoms with Gasteiger partial charge in [0.25, 0.3) is 10.0 Å². The number of halogens is 1. The SMILES string of the molecule is CCCCNC(=O)[C@H](Cc1ccccc1)N(Cc1ccc(Br)cc1)C(=O)CN(c1ccccc1C)S(=O)(=O)c1ccc(C)cc1. The van der Waals surface area contributed by atoms with Crippen LogP contribution >= 0.6 is 15.9 Å². The van der Waals surface area contributed by atoms with Crippen LogP contribution in [0.25, 0.3) is 0 Å². The molecular weight excluding hydrogens is 650 g/mol. The Morgan fingerprint density at radius 3 is 2.11 bits per heavy atom. The summed E-state index contributed by atoms with van der Waals surface area (Å²) in [7, 11) is -4.14. The van der Waals surface area contributed by atoms with Crippen molar-refractivity contribution < 1.29 is 18.0 Å². The van der Waals surface area contributed by atoms with Crippen LogP contribution in [-0.2, 0) is 32.6 Å². The Balaban J connectivity index is 1.79. The number of unbranched alkanes of at least 4 members (excludes halogenated alkanes) is 1. The molecule has 2 amide bonds. The highest BCUT2D eigenvalue weighted by Crippen LogP contribution is 2.28. The van der Waals surface area contributed by atoms with Gasteiger partial charge in [-0.25, -0.2) is 8.42 Å². The lowest BCUT2D eigenvalue weighted by atomic mass is 10.0. The lowest BCUT2D eigenvalue weighted by Crippen LogP contribution is -2.53. The first-order chi connectivity index (χ1) is 21.6. The number of sulfonamides is 1. The first kappa shape index (κ1) is 33.9. The maximum atomic E-state index is 14.5. The maximum Gasteiger partial charge on any atom is 0.264 e. The average molecular weight is 691 g/mol.